The van der Waals surface area contributed by atoms with Gasteiger partial charge in [0.05, 0.1) is 12.7 Å². The molecule has 2 aromatic heterocycles. The molecule has 0 aliphatic heterocycles. The van der Waals surface area contributed by atoms with Gasteiger partial charge in [-0.1, -0.05) is 0 Å². The van der Waals surface area contributed by atoms with E-state index in [1.807, 2.05) is 0 Å². The third-order valence-electron chi connectivity index (χ3n) is 2.15. The van der Waals surface area contributed by atoms with Crippen LogP contribution in [0.15, 0.2) is 31.1 Å². The van der Waals surface area contributed by atoms with Gasteiger partial charge in [-0.15, -0.1) is 0 Å². The molecule has 3 N–H and O–H groups in total. The highest BCUT2D eigenvalue weighted by Gasteiger charge is 2.03. The van der Waals surface area contributed by atoms with Crippen molar-refractivity contribution in [2.24, 2.45) is 0 Å². The number of hydrogen-bond acceptors (Lipinski definition) is 6. The summed E-state index contributed by atoms with van der Waals surface area (Å²) in [6.07, 6.45) is 5.68. The molecule has 0 fully saturated rings. The third kappa shape index (κ3) is 2.99. The van der Waals surface area contributed by atoms with Crippen LogP contribution in [0, 0.1) is 0 Å². The number of nitrogens with one attached hydrogen (secondary N) is 1. The van der Waals surface area contributed by atoms with E-state index in [2.05, 4.69) is 20.3 Å². The lowest BCUT2D eigenvalue weighted by Crippen LogP contribution is -2.23. The lowest BCUT2D eigenvalue weighted by Gasteiger charge is -2.10. The minimum Gasteiger partial charge on any atom is -0.394 e. The molecule has 2 heterocycles. The van der Waals surface area contributed by atoms with Gasteiger partial charge in [-0.2, -0.15) is 0 Å². The lowest BCUT2D eigenvalue weighted by molar-refractivity contribution is 0.105. The molecule has 0 spiro atoms. The Morgan fingerprint density at radius 1 is 1.41 bits per heavy atom. The summed E-state index contributed by atoms with van der Waals surface area (Å²) >= 11 is 0. The van der Waals surface area contributed by atoms with Gasteiger partial charge >= 0.3 is 0 Å². The van der Waals surface area contributed by atoms with E-state index in [0.29, 0.717) is 11.6 Å². The summed E-state index contributed by atoms with van der Waals surface area (Å²) in [5.74, 6) is 1.26. The maximum absolute atomic E-state index is 9.20. The highest BCUT2D eigenvalue weighted by atomic mass is 16.3. The molecule has 0 saturated carbocycles. The van der Waals surface area contributed by atoms with Crippen molar-refractivity contribution >= 4 is 5.82 Å². The zero-order chi connectivity index (χ0) is 12.1. The molecular formula is C10H13N5O2. The van der Waals surface area contributed by atoms with Gasteiger partial charge in [0.1, 0.15) is 24.3 Å². The topological polar surface area (TPSA) is 96.1 Å². The minimum atomic E-state index is -0.804. The average Bonchev–Trinajstić information content (AvgIpc) is 2.90. The van der Waals surface area contributed by atoms with Crippen LogP contribution in [-0.2, 0) is 0 Å². The highest BCUT2D eigenvalue weighted by Crippen LogP contribution is 2.08. The number of aliphatic hydroxyl groups is 2. The lowest BCUT2D eigenvalue weighted by atomic mass is 10.4. The quantitative estimate of drug-likeness (QED) is 0.642. The number of rotatable bonds is 5. The van der Waals surface area contributed by atoms with Gasteiger partial charge in [-0.25, -0.2) is 15.0 Å². The van der Waals surface area contributed by atoms with Gasteiger partial charge in [0.15, 0.2) is 0 Å². The van der Waals surface area contributed by atoms with Gasteiger partial charge in [0.2, 0.25) is 0 Å². The van der Waals surface area contributed by atoms with Crippen molar-refractivity contribution in [2.45, 2.75) is 6.10 Å². The van der Waals surface area contributed by atoms with Crippen LogP contribution < -0.4 is 5.32 Å². The van der Waals surface area contributed by atoms with E-state index < -0.39 is 6.10 Å². The number of nitrogens with zero attached hydrogens (tertiary/aromatic N) is 4. The molecule has 0 radical (unpaired) electrons. The van der Waals surface area contributed by atoms with Crippen LogP contribution in [0.3, 0.4) is 0 Å². The number of aliphatic hydroxyl groups excluding tert-OH is 2. The van der Waals surface area contributed by atoms with E-state index in [4.69, 9.17) is 5.11 Å². The summed E-state index contributed by atoms with van der Waals surface area (Å²) in [7, 11) is 0. The predicted octanol–water partition coefficient (Wildman–Crippen LogP) is -0.573. The van der Waals surface area contributed by atoms with E-state index in [0.717, 1.165) is 0 Å². The number of imidazole rings is 1. The Bertz CT molecular complexity index is 459. The first-order valence-electron chi connectivity index (χ1n) is 5.13. The summed E-state index contributed by atoms with van der Waals surface area (Å²) in [6.45, 7) is -0.0522. The second-order valence-electron chi connectivity index (χ2n) is 3.45. The predicted molar refractivity (Wildman–Crippen MR) is 60.7 cm³/mol. The SMILES string of the molecule is OC[C@H](O)CNc1cc(-n2ccnc2)ncn1. The molecule has 0 aromatic carbocycles. The second kappa shape index (κ2) is 5.37. The van der Waals surface area contributed by atoms with Crippen molar-refractivity contribution in [3.05, 3.63) is 31.1 Å². The molecule has 2 rings (SSSR count). The molecule has 0 aliphatic rings. The molecule has 1 atom stereocenters. The fourth-order valence-corrected chi connectivity index (χ4v) is 1.27. The first kappa shape index (κ1) is 11.5. The van der Waals surface area contributed by atoms with Crippen LogP contribution in [0.1, 0.15) is 0 Å². The molecule has 7 nitrogen and oxygen atoms in total. The molecule has 7 heteroatoms. The molecule has 2 aromatic rings. The molecule has 0 aliphatic carbocycles. The summed E-state index contributed by atoms with van der Waals surface area (Å²) < 4.78 is 1.75. The molecule has 17 heavy (non-hydrogen) atoms. The minimum absolute atomic E-state index is 0.233. The molecule has 0 unspecified atom stereocenters. The Balaban J connectivity index is 2.07. The van der Waals surface area contributed by atoms with Crippen molar-refractivity contribution in [3.8, 4) is 5.82 Å². The molecule has 90 valence electrons. The average molecular weight is 235 g/mol. The first-order valence-corrected chi connectivity index (χ1v) is 5.13. The van der Waals surface area contributed by atoms with Crippen molar-refractivity contribution < 1.29 is 10.2 Å². The van der Waals surface area contributed by atoms with Crippen LogP contribution >= 0.6 is 0 Å². The van der Waals surface area contributed by atoms with Crippen molar-refractivity contribution in [2.75, 3.05) is 18.5 Å². The fraction of sp³-hybridized carbons (Fsp3) is 0.300. The normalized spacial score (nSPS) is 12.4. The molecule has 0 amide bonds. The molecule has 0 bridgehead atoms. The Morgan fingerprint density at radius 3 is 3.00 bits per heavy atom. The van der Waals surface area contributed by atoms with E-state index in [1.165, 1.54) is 6.33 Å². The van der Waals surface area contributed by atoms with Crippen LogP contribution in [-0.4, -0.2) is 49.0 Å². The summed E-state index contributed by atoms with van der Waals surface area (Å²) in [5.41, 5.74) is 0. The number of aromatic nitrogens is 4. The van der Waals surface area contributed by atoms with Crippen LogP contribution in [0.2, 0.25) is 0 Å². The van der Waals surface area contributed by atoms with E-state index in [-0.39, 0.29) is 13.2 Å². The summed E-state index contributed by atoms with van der Waals surface area (Å²) in [4.78, 5) is 12.0. The van der Waals surface area contributed by atoms with Gasteiger partial charge in [0.25, 0.3) is 0 Å². The first-order chi connectivity index (χ1) is 8.29. The zero-order valence-electron chi connectivity index (χ0n) is 9.06. The largest absolute Gasteiger partial charge is 0.394 e. The van der Waals surface area contributed by atoms with Crippen LogP contribution in [0.4, 0.5) is 5.82 Å². The Morgan fingerprint density at radius 2 is 2.29 bits per heavy atom. The zero-order valence-corrected chi connectivity index (χ0v) is 9.06. The number of hydrogen-bond donors (Lipinski definition) is 3. The van der Waals surface area contributed by atoms with Crippen molar-refractivity contribution in [3.63, 3.8) is 0 Å². The third-order valence-corrected chi connectivity index (χ3v) is 2.15. The van der Waals surface area contributed by atoms with Crippen molar-refractivity contribution in [1.82, 2.24) is 19.5 Å². The summed E-state index contributed by atoms with van der Waals surface area (Å²) in [6, 6.07) is 1.73. The van der Waals surface area contributed by atoms with Gasteiger partial charge in [-0.05, 0) is 0 Å². The van der Waals surface area contributed by atoms with Gasteiger partial charge in [0, 0.05) is 25.0 Å². The second-order valence-corrected chi connectivity index (χ2v) is 3.45. The Hall–Kier alpha value is -1.99. The van der Waals surface area contributed by atoms with Crippen LogP contribution in [0.25, 0.3) is 5.82 Å². The smallest absolute Gasteiger partial charge is 0.143 e. The van der Waals surface area contributed by atoms with E-state index in [9.17, 15) is 5.11 Å². The van der Waals surface area contributed by atoms with E-state index >= 15 is 0 Å². The number of anilines is 1. The van der Waals surface area contributed by atoms with E-state index in [1.54, 1.807) is 29.4 Å². The standard InChI is InChI=1S/C10H13N5O2/c16-5-8(17)4-12-9-3-10(14-6-13-9)15-2-1-11-7-15/h1-3,6-8,16-17H,4-5H2,(H,12,13,14)/t8-/m1/s1. The molecular weight excluding hydrogens is 222 g/mol. The fourth-order valence-electron chi connectivity index (χ4n) is 1.27. The van der Waals surface area contributed by atoms with Crippen molar-refractivity contribution in [1.29, 1.82) is 0 Å². The molecule has 0 saturated heterocycles. The Labute approximate surface area is 97.8 Å². The monoisotopic (exact) mass is 235 g/mol. The Kier molecular flexibility index (Phi) is 3.63. The van der Waals surface area contributed by atoms with Gasteiger partial charge in [-0.3, -0.25) is 4.57 Å². The summed E-state index contributed by atoms with van der Waals surface area (Å²) in [5, 5.41) is 20.8. The maximum atomic E-state index is 9.20. The maximum Gasteiger partial charge on any atom is 0.143 e. The van der Waals surface area contributed by atoms with Gasteiger partial charge < -0.3 is 15.5 Å². The van der Waals surface area contributed by atoms with Crippen LogP contribution in [0.5, 0.6) is 0 Å². The highest BCUT2D eigenvalue weighted by molar-refractivity contribution is 5.40.